The van der Waals surface area contributed by atoms with Crippen molar-refractivity contribution < 1.29 is 28.5 Å². The Hall–Kier alpha value is -1.63. The Bertz CT molecular complexity index is 592. The zero-order chi connectivity index (χ0) is 15.9. The summed E-state index contributed by atoms with van der Waals surface area (Å²) in [6, 6.07) is 7.42. The average Bonchev–Trinajstić information content (AvgIpc) is 3.07. The summed E-state index contributed by atoms with van der Waals surface area (Å²) >= 11 is 6.41. The van der Waals surface area contributed by atoms with E-state index in [1.807, 2.05) is 24.3 Å². The number of carbonyl (C=O) groups excluding carboxylic acids is 2. The predicted octanol–water partition coefficient (Wildman–Crippen LogP) is 1.13. The fourth-order valence-electron chi connectivity index (χ4n) is 2.91. The number of esters is 2. The van der Waals surface area contributed by atoms with E-state index in [-0.39, 0.29) is 0 Å². The fraction of sp³-hybridized carbons (Fsp3) is 0.467. The Morgan fingerprint density at radius 1 is 1.14 bits per heavy atom. The number of halogens is 1. The van der Waals surface area contributed by atoms with Gasteiger partial charge in [-0.05, 0) is 12.0 Å². The zero-order valence-corrected chi connectivity index (χ0v) is 12.8. The van der Waals surface area contributed by atoms with Crippen LogP contribution in [0.2, 0.25) is 0 Å². The Morgan fingerprint density at radius 3 is 2.23 bits per heavy atom. The van der Waals surface area contributed by atoms with E-state index >= 15 is 0 Å². The highest BCUT2D eigenvalue weighted by molar-refractivity contribution is 6.22. The van der Waals surface area contributed by atoms with Gasteiger partial charge in [0.25, 0.3) is 0 Å². The maximum Gasteiger partial charge on any atom is 0.338 e. The molecule has 0 saturated carbocycles. The van der Waals surface area contributed by atoms with E-state index in [9.17, 15) is 9.59 Å². The predicted molar refractivity (Wildman–Crippen MR) is 75.2 cm³/mol. The van der Waals surface area contributed by atoms with Crippen molar-refractivity contribution in [1.29, 1.82) is 0 Å². The number of carbonyl (C=O) groups is 2. The lowest BCUT2D eigenvalue weighted by molar-refractivity contribution is -0.191. The van der Waals surface area contributed by atoms with E-state index in [0.717, 1.165) is 11.1 Å². The highest BCUT2D eigenvalue weighted by Crippen LogP contribution is 2.49. The molecule has 1 heterocycles. The molecule has 0 aromatic heterocycles. The minimum Gasteiger partial charge on any atom is -0.467 e. The van der Waals surface area contributed by atoms with Gasteiger partial charge in [-0.1, -0.05) is 24.3 Å². The van der Waals surface area contributed by atoms with Gasteiger partial charge < -0.3 is 18.9 Å². The Labute approximate surface area is 132 Å². The van der Waals surface area contributed by atoms with Gasteiger partial charge in [0.1, 0.15) is 0 Å². The van der Waals surface area contributed by atoms with Gasteiger partial charge >= 0.3 is 11.9 Å². The quantitative estimate of drug-likeness (QED) is 0.599. The minimum atomic E-state index is -1.35. The topological polar surface area (TPSA) is 71.1 Å². The first-order valence-corrected chi connectivity index (χ1v) is 7.21. The van der Waals surface area contributed by atoms with Crippen molar-refractivity contribution in [1.82, 2.24) is 0 Å². The molecule has 1 spiro atoms. The van der Waals surface area contributed by atoms with Crippen LogP contribution in [0.1, 0.15) is 11.1 Å². The monoisotopic (exact) mass is 326 g/mol. The van der Waals surface area contributed by atoms with E-state index in [2.05, 4.69) is 0 Å². The molecule has 1 fully saturated rings. The number of hydrogen-bond donors (Lipinski definition) is 0. The van der Waals surface area contributed by atoms with Crippen LogP contribution in [0.5, 0.6) is 0 Å². The Morgan fingerprint density at radius 2 is 1.68 bits per heavy atom. The number of benzene rings is 1. The van der Waals surface area contributed by atoms with Crippen molar-refractivity contribution in [2.75, 3.05) is 14.2 Å². The summed E-state index contributed by atoms with van der Waals surface area (Å²) in [7, 11) is 2.43. The molecule has 0 amide bonds. The van der Waals surface area contributed by atoms with E-state index < -0.39 is 35.3 Å². The summed E-state index contributed by atoms with van der Waals surface area (Å²) in [5, 5.41) is -0.563. The molecule has 1 aliphatic heterocycles. The molecule has 22 heavy (non-hydrogen) atoms. The van der Waals surface area contributed by atoms with Crippen molar-refractivity contribution in [3.05, 3.63) is 35.4 Å². The smallest absolute Gasteiger partial charge is 0.338 e. The third-order valence-electron chi connectivity index (χ3n) is 3.95. The van der Waals surface area contributed by atoms with Crippen LogP contribution >= 0.6 is 11.6 Å². The number of hydrogen-bond acceptors (Lipinski definition) is 6. The summed E-state index contributed by atoms with van der Waals surface area (Å²) in [5.41, 5.74) is 1.67. The van der Waals surface area contributed by atoms with Gasteiger partial charge in [0.15, 0.2) is 12.2 Å². The van der Waals surface area contributed by atoms with Crippen LogP contribution in [0.3, 0.4) is 0 Å². The second kappa shape index (κ2) is 5.53. The molecule has 0 bridgehead atoms. The second-order valence-corrected chi connectivity index (χ2v) is 5.65. The minimum absolute atomic E-state index is 0.513. The van der Waals surface area contributed by atoms with Crippen LogP contribution in [-0.4, -0.2) is 43.7 Å². The summed E-state index contributed by atoms with van der Waals surface area (Å²) in [4.78, 5) is 23.9. The van der Waals surface area contributed by atoms with Crippen LogP contribution < -0.4 is 0 Å². The summed E-state index contributed by atoms with van der Waals surface area (Å²) in [6.45, 7) is 0. The molecule has 7 heteroatoms. The van der Waals surface area contributed by atoms with Crippen molar-refractivity contribution in [3.8, 4) is 0 Å². The highest BCUT2D eigenvalue weighted by Gasteiger charge is 2.61. The SMILES string of the molecule is COC(=O)[C@@H]1OC2(O[C@H]1C(=O)OC)c1ccccc1C[C@H]2Cl. The molecule has 118 valence electrons. The maximum absolute atomic E-state index is 11.9. The van der Waals surface area contributed by atoms with Crippen LogP contribution in [0.25, 0.3) is 0 Å². The zero-order valence-electron chi connectivity index (χ0n) is 12.1. The van der Waals surface area contributed by atoms with Gasteiger partial charge in [-0.25, -0.2) is 9.59 Å². The van der Waals surface area contributed by atoms with Crippen molar-refractivity contribution >= 4 is 23.5 Å². The third-order valence-corrected chi connectivity index (χ3v) is 4.39. The molecule has 0 N–H and O–H groups in total. The van der Waals surface area contributed by atoms with Crippen molar-refractivity contribution in [3.63, 3.8) is 0 Å². The maximum atomic E-state index is 11.9. The summed E-state index contributed by atoms with van der Waals surface area (Å²) in [5.74, 6) is -2.77. The second-order valence-electron chi connectivity index (χ2n) is 5.12. The number of methoxy groups -OCH3 is 2. The lowest BCUT2D eigenvalue weighted by Gasteiger charge is -2.27. The van der Waals surface area contributed by atoms with E-state index in [1.54, 1.807) is 0 Å². The highest BCUT2D eigenvalue weighted by atomic mass is 35.5. The van der Waals surface area contributed by atoms with Gasteiger partial charge in [-0.15, -0.1) is 11.6 Å². The number of rotatable bonds is 2. The average molecular weight is 327 g/mol. The fourth-order valence-corrected chi connectivity index (χ4v) is 3.30. The number of fused-ring (bicyclic) bond motifs is 2. The van der Waals surface area contributed by atoms with Gasteiger partial charge in [-0.2, -0.15) is 0 Å². The molecule has 6 nitrogen and oxygen atoms in total. The molecule has 0 radical (unpaired) electrons. The largest absolute Gasteiger partial charge is 0.467 e. The van der Waals surface area contributed by atoms with Gasteiger partial charge in [0.2, 0.25) is 5.79 Å². The Kier molecular flexibility index (Phi) is 3.84. The summed E-state index contributed by atoms with van der Waals surface area (Å²) in [6.07, 6.45) is -1.92. The molecule has 3 rings (SSSR count). The Balaban J connectivity index is 2.03. The standard InChI is InChI=1S/C15H15ClO6/c1-19-13(17)11-12(14(18)20-2)22-15(21-11)9-6-4-3-5-8(9)7-10(15)16/h3-6,10-12H,7H2,1-2H3/t10-,11-,12-/m1/s1. The van der Waals surface area contributed by atoms with Crippen LogP contribution in [0.15, 0.2) is 24.3 Å². The molecule has 1 aliphatic carbocycles. The van der Waals surface area contributed by atoms with Crippen LogP contribution in [0, 0.1) is 0 Å². The molecule has 2 aliphatic rings. The number of alkyl halides is 1. The van der Waals surface area contributed by atoms with Crippen molar-refractivity contribution in [2.45, 2.75) is 29.8 Å². The van der Waals surface area contributed by atoms with E-state index in [1.165, 1.54) is 14.2 Å². The normalized spacial score (nSPS) is 28.4. The first kappa shape index (κ1) is 15.3. The lowest BCUT2D eigenvalue weighted by Crippen LogP contribution is -2.38. The molecule has 1 aromatic rings. The summed E-state index contributed by atoms with van der Waals surface area (Å²) < 4.78 is 21.0. The van der Waals surface area contributed by atoms with E-state index in [4.69, 9.17) is 30.5 Å². The molecule has 3 atom stereocenters. The van der Waals surface area contributed by atoms with E-state index in [0.29, 0.717) is 6.42 Å². The van der Waals surface area contributed by atoms with Gasteiger partial charge in [0, 0.05) is 5.56 Å². The van der Waals surface area contributed by atoms with Crippen LogP contribution in [0.4, 0.5) is 0 Å². The van der Waals surface area contributed by atoms with Gasteiger partial charge in [-0.3, -0.25) is 0 Å². The third kappa shape index (κ3) is 2.10. The lowest BCUT2D eigenvalue weighted by atomic mass is 10.1. The van der Waals surface area contributed by atoms with Gasteiger partial charge in [0.05, 0.1) is 19.6 Å². The molecule has 1 aromatic carbocycles. The molecule has 0 unspecified atom stereocenters. The molecule has 1 saturated heterocycles. The number of ether oxygens (including phenoxy) is 4. The van der Waals surface area contributed by atoms with Crippen LogP contribution in [-0.2, 0) is 40.7 Å². The first-order chi connectivity index (χ1) is 10.5. The first-order valence-electron chi connectivity index (χ1n) is 6.77. The molecular formula is C15H15ClO6. The van der Waals surface area contributed by atoms with Crippen molar-refractivity contribution in [2.24, 2.45) is 0 Å². The molecular weight excluding hydrogens is 312 g/mol.